The van der Waals surface area contributed by atoms with Gasteiger partial charge in [-0.2, -0.15) is 13.2 Å². The molecule has 1 atom stereocenters. The number of imide groups is 1. The molecule has 0 bridgehead atoms. The average molecular weight is 454 g/mol. The van der Waals surface area contributed by atoms with E-state index in [1.165, 1.54) is 4.90 Å². The Morgan fingerprint density at radius 2 is 2.00 bits per heavy atom. The first-order chi connectivity index (χ1) is 15.0. The Balaban J connectivity index is 1.40. The van der Waals surface area contributed by atoms with E-state index in [2.05, 4.69) is 10.6 Å². The van der Waals surface area contributed by atoms with E-state index in [-0.39, 0.29) is 57.1 Å². The van der Waals surface area contributed by atoms with Crippen LogP contribution in [-0.4, -0.2) is 59.6 Å². The highest BCUT2D eigenvalue weighted by atomic mass is 19.4. The molecule has 4 N–H and O–H groups in total. The van der Waals surface area contributed by atoms with Crippen LogP contribution in [-0.2, 0) is 27.4 Å². The highest BCUT2D eigenvalue weighted by Gasteiger charge is 2.67. The number of halogens is 3. The number of carbonyl (C=O) groups is 3. The largest absolute Gasteiger partial charge is 0.417 e. The minimum Gasteiger partial charge on any atom is -0.369 e. The lowest BCUT2D eigenvalue weighted by atomic mass is 9.64. The standard InChI is InChI=1S/C21H25F3N4O4/c1-32-20(21(22,23)24)9-19(25,10-20)11-26-7-12-3-2-4-13-8-28(18(31)16(12)13)14-5-6-15(29)27-17(14)30/h2-4,14,26H,5-11,25H2,1H3,(H,27,29,30). The zero-order valence-electron chi connectivity index (χ0n) is 17.6. The van der Waals surface area contributed by atoms with E-state index in [1.807, 2.05) is 0 Å². The van der Waals surface area contributed by atoms with Crippen molar-refractivity contribution in [3.05, 3.63) is 34.9 Å². The van der Waals surface area contributed by atoms with Gasteiger partial charge in [-0.1, -0.05) is 18.2 Å². The van der Waals surface area contributed by atoms with Gasteiger partial charge < -0.3 is 20.7 Å². The van der Waals surface area contributed by atoms with Crippen LogP contribution < -0.4 is 16.4 Å². The summed E-state index contributed by atoms with van der Waals surface area (Å²) in [5.74, 6) is -1.13. The molecule has 3 aliphatic rings. The Morgan fingerprint density at radius 1 is 1.28 bits per heavy atom. The van der Waals surface area contributed by atoms with Gasteiger partial charge in [0.15, 0.2) is 5.60 Å². The number of nitrogens with zero attached hydrogens (tertiary/aromatic N) is 1. The van der Waals surface area contributed by atoms with Crippen LogP contribution in [0.5, 0.6) is 0 Å². The van der Waals surface area contributed by atoms with E-state index in [0.29, 0.717) is 11.1 Å². The van der Waals surface area contributed by atoms with Crippen molar-refractivity contribution >= 4 is 17.7 Å². The van der Waals surface area contributed by atoms with Crippen LogP contribution in [0.25, 0.3) is 0 Å². The van der Waals surface area contributed by atoms with Crippen LogP contribution in [0.4, 0.5) is 13.2 Å². The maximum atomic E-state index is 13.2. The Kier molecular flexibility index (Phi) is 5.54. The summed E-state index contributed by atoms with van der Waals surface area (Å²) in [6, 6.07) is 4.64. The Hall–Kier alpha value is -2.50. The highest BCUT2D eigenvalue weighted by molar-refractivity contribution is 6.05. The number of carbonyl (C=O) groups excluding carboxylic acids is 3. The topological polar surface area (TPSA) is 114 Å². The molecule has 3 amide bonds. The molecule has 2 aliphatic heterocycles. The van der Waals surface area contributed by atoms with Crippen molar-refractivity contribution in [2.75, 3.05) is 13.7 Å². The van der Waals surface area contributed by atoms with Gasteiger partial charge in [-0.15, -0.1) is 0 Å². The second-order valence-corrected chi connectivity index (χ2v) is 8.87. The third-order valence-electron chi connectivity index (χ3n) is 6.61. The van der Waals surface area contributed by atoms with Crippen molar-refractivity contribution in [1.29, 1.82) is 0 Å². The first kappa shape index (κ1) is 22.7. The molecule has 174 valence electrons. The van der Waals surface area contributed by atoms with E-state index in [9.17, 15) is 27.6 Å². The summed E-state index contributed by atoms with van der Waals surface area (Å²) in [6.07, 6.45) is -4.74. The van der Waals surface area contributed by atoms with Gasteiger partial charge in [0.05, 0.1) is 0 Å². The zero-order valence-corrected chi connectivity index (χ0v) is 17.6. The smallest absolute Gasteiger partial charge is 0.369 e. The Bertz CT molecular complexity index is 959. The number of methoxy groups -OCH3 is 1. The molecule has 2 heterocycles. The fraction of sp³-hybridized carbons (Fsp3) is 0.571. The minimum absolute atomic E-state index is 0.128. The number of fused-ring (bicyclic) bond motifs is 1. The van der Waals surface area contributed by atoms with Gasteiger partial charge in [-0.05, 0) is 17.5 Å². The molecule has 4 rings (SSSR count). The number of ether oxygens (including phenoxy) is 1. The number of nitrogens with two attached hydrogens (primary N) is 1. The summed E-state index contributed by atoms with van der Waals surface area (Å²) in [5, 5.41) is 5.34. The number of hydrogen-bond donors (Lipinski definition) is 3. The van der Waals surface area contributed by atoms with Gasteiger partial charge in [0.25, 0.3) is 5.91 Å². The molecule has 0 spiro atoms. The quantitative estimate of drug-likeness (QED) is 0.553. The van der Waals surface area contributed by atoms with Crippen molar-refractivity contribution in [2.45, 2.75) is 62.1 Å². The molecular formula is C21H25F3N4O4. The number of piperidine rings is 1. The fourth-order valence-corrected chi connectivity index (χ4v) is 4.95. The van der Waals surface area contributed by atoms with Gasteiger partial charge in [0, 0.05) is 57.1 Å². The molecule has 32 heavy (non-hydrogen) atoms. The molecule has 1 saturated carbocycles. The lowest BCUT2D eigenvalue weighted by Crippen LogP contribution is -2.71. The molecular weight excluding hydrogens is 429 g/mol. The van der Waals surface area contributed by atoms with Crippen molar-refractivity contribution < 1.29 is 32.3 Å². The molecule has 11 heteroatoms. The molecule has 1 aliphatic carbocycles. The van der Waals surface area contributed by atoms with Crippen LogP contribution in [0.15, 0.2) is 18.2 Å². The molecule has 2 fully saturated rings. The molecule has 1 saturated heterocycles. The van der Waals surface area contributed by atoms with Gasteiger partial charge >= 0.3 is 6.18 Å². The average Bonchev–Trinajstić information content (AvgIpc) is 3.02. The molecule has 1 unspecified atom stereocenters. The number of nitrogens with one attached hydrogen (secondary N) is 2. The van der Waals surface area contributed by atoms with Crippen molar-refractivity contribution in [3.63, 3.8) is 0 Å². The highest BCUT2D eigenvalue weighted by Crippen LogP contribution is 2.51. The molecule has 8 nitrogen and oxygen atoms in total. The van der Waals surface area contributed by atoms with Crippen LogP contribution >= 0.6 is 0 Å². The Morgan fingerprint density at radius 3 is 2.62 bits per heavy atom. The maximum Gasteiger partial charge on any atom is 0.417 e. The fourth-order valence-electron chi connectivity index (χ4n) is 4.95. The first-order valence-electron chi connectivity index (χ1n) is 10.4. The normalized spacial score (nSPS) is 30.2. The molecule has 1 aromatic carbocycles. The number of benzene rings is 1. The predicted molar refractivity (Wildman–Crippen MR) is 106 cm³/mol. The van der Waals surface area contributed by atoms with Gasteiger partial charge in [-0.3, -0.25) is 19.7 Å². The summed E-state index contributed by atoms with van der Waals surface area (Å²) >= 11 is 0. The van der Waals surface area contributed by atoms with Crippen LogP contribution in [0.1, 0.15) is 47.2 Å². The van der Waals surface area contributed by atoms with Crippen molar-refractivity contribution in [3.8, 4) is 0 Å². The first-order valence-corrected chi connectivity index (χ1v) is 10.4. The maximum absolute atomic E-state index is 13.2. The zero-order chi connectivity index (χ0) is 23.3. The summed E-state index contributed by atoms with van der Waals surface area (Å²) in [7, 11) is 1.04. The SMILES string of the molecule is COC1(C(F)(F)F)CC(N)(CNCc2cccc3c2C(=O)N(C2CCC(=O)NC2=O)C3)C1. The summed E-state index contributed by atoms with van der Waals surface area (Å²) in [5.41, 5.74) is 4.76. The number of rotatable bonds is 6. The summed E-state index contributed by atoms with van der Waals surface area (Å²) in [6.45, 7) is 0.628. The second-order valence-electron chi connectivity index (χ2n) is 8.87. The molecule has 1 aromatic rings. The van der Waals surface area contributed by atoms with Gasteiger partial charge in [0.1, 0.15) is 6.04 Å². The van der Waals surface area contributed by atoms with Gasteiger partial charge in [-0.25, -0.2) is 0 Å². The number of hydrogen-bond acceptors (Lipinski definition) is 6. The third kappa shape index (κ3) is 3.78. The monoisotopic (exact) mass is 454 g/mol. The lowest BCUT2D eigenvalue weighted by molar-refractivity contribution is -0.311. The van der Waals surface area contributed by atoms with Crippen LogP contribution in [0.3, 0.4) is 0 Å². The van der Waals surface area contributed by atoms with Crippen molar-refractivity contribution in [2.24, 2.45) is 5.73 Å². The molecule has 0 aromatic heterocycles. The Labute approximate surface area is 182 Å². The minimum atomic E-state index is -4.49. The van der Waals surface area contributed by atoms with E-state index in [1.54, 1.807) is 18.2 Å². The van der Waals surface area contributed by atoms with E-state index < -0.39 is 29.3 Å². The number of amides is 3. The van der Waals surface area contributed by atoms with Crippen LogP contribution in [0.2, 0.25) is 0 Å². The second kappa shape index (κ2) is 7.82. The van der Waals surface area contributed by atoms with E-state index in [4.69, 9.17) is 10.5 Å². The molecule has 0 radical (unpaired) electrons. The van der Waals surface area contributed by atoms with Crippen molar-refractivity contribution in [1.82, 2.24) is 15.5 Å². The summed E-state index contributed by atoms with van der Waals surface area (Å²) < 4.78 is 44.4. The summed E-state index contributed by atoms with van der Waals surface area (Å²) in [4.78, 5) is 38.1. The van der Waals surface area contributed by atoms with E-state index >= 15 is 0 Å². The van der Waals surface area contributed by atoms with Gasteiger partial charge in [0.2, 0.25) is 11.8 Å². The third-order valence-corrected chi connectivity index (χ3v) is 6.61. The number of alkyl halides is 3. The van der Waals surface area contributed by atoms with E-state index in [0.717, 1.165) is 12.7 Å². The van der Waals surface area contributed by atoms with Crippen LogP contribution in [0, 0.1) is 0 Å². The predicted octanol–water partition coefficient (Wildman–Crippen LogP) is 0.976. The lowest BCUT2D eigenvalue weighted by Gasteiger charge is -2.53.